The fraction of sp³-hybridized carbons (Fsp3) is 0. The highest BCUT2D eigenvalue weighted by molar-refractivity contribution is 6.02. The second-order valence-corrected chi connectivity index (χ2v) is 2.76. The second-order valence-electron chi connectivity index (χ2n) is 2.76. The third-order valence-corrected chi connectivity index (χ3v) is 1.92. The molecule has 0 amide bonds. The lowest BCUT2D eigenvalue weighted by molar-refractivity contribution is 0.0697. The van der Waals surface area contributed by atoms with Gasteiger partial charge in [-0.2, -0.15) is 0 Å². The molecule has 0 fully saturated rings. The molecule has 0 aliphatic heterocycles. The molecular formula is C9H6N2O3. The highest BCUT2D eigenvalue weighted by atomic mass is 16.4. The number of hydrogen-bond acceptors (Lipinski definition) is 3. The first-order valence-corrected chi connectivity index (χ1v) is 3.89. The molecule has 0 radical (unpaired) electrons. The number of nitrogens with zero attached hydrogens (tertiary/aromatic N) is 1. The molecule has 0 unspecified atom stereocenters. The van der Waals surface area contributed by atoms with E-state index < -0.39 is 11.5 Å². The Morgan fingerprint density at radius 2 is 2.29 bits per heavy atom. The molecule has 0 bridgehead atoms. The average molecular weight is 190 g/mol. The van der Waals surface area contributed by atoms with E-state index in [2.05, 4.69) is 9.97 Å². The van der Waals surface area contributed by atoms with Crippen LogP contribution in [0.25, 0.3) is 10.8 Å². The molecule has 0 aliphatic carbocycles. The van der Waals surface area contributed by atoms with Crippen LogP contribution in [0.2, 0.25) is 0 Å². The lowest BCUT2D eigenvalue weighted by Gasteiger charge is -1.99. The van der Waals surface area contributed by atoms with Gasteiger partial charge in [-0.15, -0.1) is 0 Å². The Balaban J connectivity index is 2.97. The number of fused-ring (bicyclic) bond motifs is 1. The van der Waals surface area contributed by atoms with Crippen LogP contribution in [0.4, 0.5) is 0 Å². The van der Waals surface area contributed by atoms with Crippen molar-refractivity contribution in [3.63, 3.8) is 0 Å². The number of aromatic nitrogens is 2. The normalized spacial score (nSPS) is 10.3. The first kappa shape index (κ1) is 8.43. The molecule has 0 spiro atoms. The summed E-state index contributed by atoms with van der Waals surface area (Å²) in [5.74, 6) is -1.25. The van der Waals surface area contributed by atoms with E-state index in [1.165, 1.54) is 18.6 Å². The lowest BCUT2D eigenvalue weighted by Crippen LogP contribution is -2.17. The SMILES string of the molecule is O=C(O)c1c(=O)[nH]cc2ccncc12. The molecule has 5 heteroatoms. The number of aromatic carboxylic acids is 1. The maximum atomic E-state index is 11.2. The van der Waals surface area contributed by atoms with Crippen molar-refractivity contribution in [3.8, 4) is 0 Å². The molecule has 0 saturated carbocycles. The quantitative estimate of drug-likeness (QED) is 0.690. The summed E-state index contributed by atoms with van der Waals surface area (Å²) >= 11 is 0. The van der Waals surface area contributed by atoms with Gasteiger partial charge < -0.3 is 10.1 Å². The van der Waals surface area contributed by atoms with E-state index in [9.17, 15) is 9.59 Å². The number of carbonyl (C=O) groups is 1. The Morgan fingerprint density at radius 3 is 3.00 bits per heavy atom. The molecule has 0 saturated heterocycles. The van der Waals surface area contributed by atoms with Gasteiger partial charge in [0.1, 0.15) is 5.56 Å². The molecule has 0 aromatic carbocycles. The van der Waals surface area contributed by atoms with Gasteiger partial charge in [0.2, 0.25) is 0 Å². The highest BCUT2D eigenvalue weighted by Gasteiger charge is 2.12. The Morgan fingerprint density at radius 1 is 1.50 bits per heavy atom. The van der Waals surface area contributed by atoms with Crippen LogP contribution in [0.3, 0.4) is 0 Å². The van der Waals surface area contributed by atoms with Crippen LogP contribution in [0.15, 0.2) is 29.5 Å². The maximum absolute atomic E-state index is 11.2. The number of rotatable bonds is 1. The molecule has 2 aromatic heterocycles. The van der Waals surface area contributed by atoms with Crippen molar-refractivity contribution in [1.82, 2.24) is 9.97 Å². The van der Waals surface area contributed by atoms with Crippen LogP contribution < -0.4 is 5.56 Å². The standard InChI is InChI=1S/C9H6N2O3/c12-8-7(9(13)14)6-4-10-2-1-5(6)3-11-8/h1-4H,(H,11,12)(H,13,14). The fourth-order valence-corrected chi connectivity index (χ4v) is 1.29. The molecule has 14 heavy (non-hydrogen) atoms. The molecule has 2 aromatic rings. The zero-order chi connectivity index (χ0) is 10.1. The summed E-state index contributed by atoms with van der Waals surface area (Å²) in [5.41, 5.74) is -0.881. The van der Waals surface area contributed by atoms with Crippen molar-refractivity contribution in [1.29, 1.82) is 0 Å². The van der Waals surface area contributed by atoms with E-state index >= 15 is 0 Å². The third kappa shape index (κ3) is 1.15. The van der Waals surface area contributed by atoms with Gasteiger partial charge >= 0.3 is 5.97 Å². The summed E-state index contributed by atoms with van der Waals surface area (Å²) in [4.78, 5) is 28.1. The van der Waals surface area contributed by atoms with E-state index in [1.54, 1.807) is 6.07 Å². The van der Waals surface area contributed by atoms with Crippen LogP contribution >= 0.6 is 0 Å². The summed E-state index contributed by atoms with van der Waals surface area (Å²) in [7, 11) is 0. The Hall–Kier alpha value is -2.17. The Labute approximate surface area is 78.0 Å². The molecule has 5 nitrogen and oxygen atoms in total. The van der Waals surface area contributed by atoms with Crippen molar-refractivity contribution in [2.75, 3.05) is 0 Å². The molecular weight excluding hydrogens is 184 g/mol. The van der Waals surface area contributed by atoms with Gasteiger partial charge in [-0.1, -0.05) is 0 Å². The van der Waals surface area contributed by atoms with E-state index in [0.717, 1.165) is 0 Å². The van der Waals surface area contributed by atoms with Gasteiger partial charge in [0, 0.05) is 29.4 Å². The minimum absolute atomic E-state index is 0.268. The third-order valence-electron chi connectivity index (χ3n) is 1.92. The van der Waals surface area contributed by atoms with Crippen molar-refractivity contribution in [3.05, 3.63) is 40.6 Å². The topological polar surface area (TPSA) is 83.0 Å². The Kier molecular flexibility index (Phi) is 1.78. The first-order valence-electron chi connectivity index (χ1n) is 3.89. The number of H-pyrrole nitrogens is 1. The van der Waals surface area contributed by atoms with Crippen molar-refractivity contribution >= 4 is 16.7 Å². The van der Waals surface area contributed by atoms with Crippen molar-refractivity contribution in [2.24, 2.45) is 0 Å². The highest BCUT2D eigenvalue weighted by Crippen LogP contribution is 2.12. The van der Waals surface area contributed by atoms with Gasteiger partial charge in [-0.05, 0) is 6.07 Å². The van der Waals surface area contributed by atoms with Crippen molar-refractivity contribution in [2.45, 2.75) is 0 Å². The predicted octanol–water partition coefficient (Wildman–Crippen LogP) is 0.621. The molecule has 2 N–H and O–H groups in total. The van der Waals surface area contributed by atoms with Crippen LogP contribution in [-0.2, 0) is 0 Å². The number of carboxylic acids is 1. The zero-order valence-corrected chi connectivity index (χ0v) is 7.02. The maximum Gasteiger partial charge on any atom is 0.342 e. The summed E-state index contributed by atoms with van der Waals surface area (Å²) in [6, 6.07) is 1.64. The van der Waals surface area contributed by atoms with Gasteiger partial charge in [-0.3, -0.25) is 9.78 Å². The second kappa shape index (κ2) is 2.95. The molecule has 2 rings (SSSR count). The van der Waals surface area contributed by atoms with Crippen LogP contribution in [0, 0.1) is 0 Å². The monoisotopic (exact) mass is 190 g/mol. The minimum Gasteiger partial charge on any atom is -0.477 e. The van der Waals surface area contributed by atoms with Crippen LogP contribution in [0.5, 0.6) is 0 Å². The summed E-state index contributed by atoms with van der Waals surface area (Å²) in [6.45, 7) is 0. The molecule has 2 heterocycles. The summed E-state index contributed by atoms with van der Waals surface area (Å²) < 4.78 is 0. The van der Waals surface area contributed by atoms with Gasteiger partial charge in [0.25, 0.3) is 5.56 Å². The average Bonchev–Trinajstić information content (AvgIpc) is 2.17. The zero-order valence-electron chi connectivity index (χ0n) is 7.02. The molecule has 0 atom stereocenters. The van der Waals surface area contributed by atoms with E-state index in [1.807, 2.05) is 0 Å². The summed E-state index contributed by atoms with van der Waals surface area (Å²) in [5, 5.41) is 9.82. The smallest absolute Gasteiger partial charge is 0.342 e. The minimum atomic E-state index is -1.25. The number of nitrogens with one attached hydrogen (secondary N) is 1. The van der Waals surface area contributed by atoms with Crippen LogP contribution in [0.1, 0.15) is 10.4 Å². The molecule has 0 aliphatic rings. The van der Waals surface area contributed by atoms with E-state index in [4.69, 9.17) is 5.11 Å². The predicted molar refractivity (Wildman–Crippen MR) is 49.3 cm³/mol. The number of carboxylic acid groups (broad SMARTS) is 1. The lowest BCUT2D eigenvalue weighted by atomic mass is 10.1. The first-order chi connectivity index (χ1) is 6.70. The number of hydrogen-bond donors (Lipinski definition) is 2. The Bertz CT molecular complexity index is 559. The van der Waals surface area contributed by atoms with Crippen LogP contribution in [-0.4, -0.2) is 21.0 Å². The number of pyridine rings is 2. The summed E-state index contributed by atoms with van der Waals surface area (Å²) in [6.07, 6.45) is 4.37. The van der Waals surface area contributed by atoms with Gasteiger partial charge in [0.05, 0.1) is 0 Å². The van der Waals surface area contributed by atoms with Crippen molar-refractivity contribution < 1.29 is 9.90 Å². The number of aromatic amines is 1. The fourth-order valence-electron chi connectivity index (χ4n) is 1.29. The molecule has 70 valence electrons. The van der Waals surface area contributed by atoms with Gasteiger partial charge in [0.15, 0.2) is 0 Å². The van der Waals surface area contributed by atoms with Gasteiger partial charge in [-0.25, -0.2) is 4.79 Å². The van der Waals surface area contributed by atoms with E-state index in [0.29, 0.717) is 10.8 Å². The van der Waals surface area contributed by atoms with E-state index in [-0.39, 0.29) is 5.56 Å². The largest absolute Gasteiger partial charge is 0.477 e.